The van der Waals surface area contributed by atoms with E-state index in [0.717, 1.165) is 6.07 Å². The first kappa shape index (κ1) is 11.7. The number of aliphatic hydroxyl groups excluding tert-OH is 1. The number of benzene rings is 1. The minimum Gasteiger partial charge on any atom is -0.397 e. The molecule has 0 spiro atoms. The van der Waals surface area contributed by atoms with E-state index in [4.69, 9.17) is 10.8 Å². The predicted molar refractivity (Wildman–Crippen MR) is 55.7 cm³/mol. The number of likely N-dealkylation sites (N-methyl/N-ethyl adjacent to an activating group) is 1. The summed E-state index contributed by atoms with van der Waals surface area (Å²) < 4.78 is 26.3. The van der Waals surface area contributed by atoms with Crippen LogP contribution in [0.25, 0.3) is 0 Å². The topological polar surface area (TPSA) is 49.5 Å². The number of aliphatic hydroxyl groups is 1. The molecule has 0 aromatic heterocycles. The second-order valence-corrected chi connectivity index (χ2v) is 3.53. The van der Waals surface area contributed by atoms with Crippen LogP contribution in [0.3, 0.4) is 0 Å². The number of nitrogens with two attached hydrogens (primary N) is 1. The average molecular weight is 216 g/mol. The van der Waals surface area contributed by atoms with Gasteiger partial charge in [0.2, 0.25) is 0 Å². The van der Waals surface area contributed by atoms with Crippen LogP contribution in [0.1, 0.15) is 6.92 Å². The first-order valence-electron chi connectivity index (χ1n) is 4.56. The van der Waals surface area contributed by atoms with E-state index in [1.165, 1.54) is 11.0 Å². The maximum atomic E-state index is 13.4. The summed E-state index contributed by atoms with van der Waals surface area (Å²) in [6.45, 7) is 1.74. The summed E-state index contributed by atoms with van der Waals surface area (Å²) in [5.74, 6) is -1.94. The number of anilines is 2. The summed E-state index contributed by atoms with van der Waals surface area (Å²) >= 11 is 0. The molecular weight excluding hydrogens is 202 g/mol. The van der Waals surface area contributed by atoms with Crippen molar-refractivity contribution >= 4 is 11.4 Å². The van der Waals surface area contributed by atoms with Crippen molar-refractivity contribution in [1.82, 2.24) is 0 Å². The highest BCUT2D eigenvalue weighted by Crippen LogP contribution is 2.27. The highest BCUT2D eigenvalue weighted by molar-refractivity contribution is 5.68. The van der Waals surface area contributed by atoms with E-state index in [2.05, 4.69) is 0 Å². The van der Waals surface area contributed by atoms with Crippen LogP contribution in [-0.4, -0.2) is 24.8 Å². The summed E-state index contributed by atoms with van der Waals surface area (Å²) in [7, 11) is 1.54. The highest BCUT2D eigenvalue weighted by atomic mass is 19.2. The van der Waals surface area contributed by atoms with Gasteiger partial charge in [0.25, 0.3) is 0 Å². The Labute approximate surface area is 87.1 Å². The van der Waals surface area contributed by atoms with Gasteiger partial charge < -0.3 is 15.7 Å². The standard InChI is InChI=1S/C10H14F2N2O/c1-6(15)5-14(2)10-8(13)4-3-7(11)9(10)12/h3-4,6,15H,5,13H2,1-2H3. The molecule has 15 heavy (non-hydrogen) atoms. The second-order valence-electron chi connectivity index (χ2n) is 3.53. The first-order valence-corrected chi connectivity index (χ1v) is 4.56. The Hall–Kier alpha value is -1.36. The minimum absolute atomic E-state index is 0.0177. The largest absolute Gasteiger partial charge is 0.397 e. The van der Waals surface area contributed by atoms with Crippen LogP contribution in [0.2, 0.25) is 0 Å². The summed E-state index contributed by atoms with van der Waals surface area (Å²) in [4.78, 5) is 1.39. The van der Waals surface area contributed by atoms with Crippen LogP contribution in [-0.2, 0) is 0 Å². The van der Waals surface area contributed by atoms with Crippen LogP contribution in [0.4, 0.5) is 20.2 Å². The molecule has 0 radical (unpaired) electrons. The van der Waals surface area contributed by atoms with Crippen molar-refractivity contribution in [2.24, 2.45) is 0 Å². The lowest BCUT2D eigenvalue weighted by molar-refractivity contribution is 0.201. The van der Waals surface area contributed by atoms with Crippen molar-refractivity contribution in [1.29, 1.82) is 0 Å². The number of nitrogen functional groups attached to an aromatic ring is 1. The van der Waals surface area contributed by atoms with Crippen LogP contribution in [0, 0.1) is 11.6 Å². The normalized spacial score (nSPS) is 12.6. The van der Waals surface area contributed by atoms with Crippen LogP contribution in [0.15, 0.2) is 12.1 Å². The highest BCUT2D eigenvalue weighted by Gasteiger charge is 2.16. The van der Waals surface area contributed by atoms with Gasteiger partial charge in [-0.2, -0.15) is 0 Å². The summed E-state index contributed by atoms with van der Waals surface area (Å²) in [5, 5.41) is 9.14. The van der Waals surface area contributed by atoms with Crippen LogP contribution < -0.4 is 10.6 Å². The molecule has 1 atom stereocenters. The number of hydrogen-bond acceptors (Lipinski definition) is 3. The third kappa shape index (κ3) is 2.56. The van der Waals surface area contributed by atoms with E-state index < -0.39 is 17.7 Å². The molecule has 0 fully saturated rings. The Balaban J connectivity index is 3.07. The van der Waals surface area contributed by atoms with E-state index in [-0.39, 0.29) is 17.9 Å². The van der Waals surface area contributed by atoms with Crippen molar-refractivity contribution < 1.29 is 13.9 Å². The van der Waals surface area contributed by atoms with Gasteiger partial charge in [0, 0.05) is 13.6 Å². The van der Waals surface area contributed by atoms with E-state index in [1.54, 1.807) is 14.0 Å². The first-order chi connectivity index (χ1) is 6.93. The van der Waals surface area contributed by atoms with Gasteiger partial charge >= 0.3 is 0 Å². The van der Waals surface area contributed by atoms with Crippen molar-refractivity contribution in [3.63, 3.8) is 0 Å². The monoisotopic (exact) mass is 216 g/mol. The van der Waals surface area contributed by atoms with Crippen LogP contribution in [0.5, 0.6) is 0 Å². The maximum Gasteiger partial charge on any atom is 0.184 e. The zero-order valence-corrected chi connectivity index (χ0v) is 8.67. The summed E-state index contributed by atoms with van der Waals surface area (Å²) in [6, 6.07) is 2.27. The average Bonchev–Trinajstić information content (AvgIpc) is 2.11. The fourth-order valence-corrected chi connectivity index (χ4v) is 1.43. The Kier molecular flexibility index (Phi) is 3.47. The number of hydrogen-bond donors (Lipinski definition) is 2. The Bertz CT molecular complexity index is 356. The molecule has 84 valence electrons. The SMILES string of the molecule is CC(O)CN(C)c1c(N)ccc(F)c1F. The molecular formula is C10H14F2N2O. The van der Waals surface area contributed by atoms with Gasteiger partial charge in [-0.05, 0) is 19.1 Å². The van der Waals surface area contributed by atoms with Gasteiger partial charge in [-0.1, -0.05) is 0 Å². The van der Waals surface area contributed by atoms with E-state index in [9.17, 15) is 8.78 Å². The third-order valence-corrected chi connectivity index (χ3v) is 2.02. The van der Waals surface area contributed by atoms with Gasteiger partial charge in [0.1, 0.15) is 0 Å². The molecule has 0 saturated heterocycles. The molecule has 3 nitrogen and oxygen atoms in total. The molecule has 0 bridgehead atoms. The molecule has 0 aliphatic carbocycles. The molecule has 0 heterocycles. The summed E-state index contributed by atoms with van der Waals surface area (Å²) in [5.41, 5.74) is 5.67. The Morgan fingerprint density at radius 3 is 2.60 bits per heavy atom. The molecule has 0 aliphatic heterocycles. The molecule has 1 aromatic carbocycles. The van der Waals surface area contributed by atoms with E-state index >= 15 is 0 Å². The lowest BCUT2D eigenvalue weighted by Gasteiger charge is -2.23. The van der Waals surface area contributed by atoms with Crippen molar-refractivity contribution in [3.8, 4) is 0 Å². The molecule has 3 N–H and O–H groups in total. The zero-order valence-electron chi connectivity index (χ0n) is 8.67. The predicted octanol–water partition coefficient (Wildman–Crippen LogP) is 1.36. The number of nitrogens with zero attached hydrogens (tertiary/aromatic N) is 1. The number of halogens is 2. The molecule has 1 unspecified atom stereocenters. The minimum atomic E-state index is -0.988. The molecule has 0 amide bonds. The van der Waals surface area contributed by atoms with Gasteiger partial charge in [0.15, 0.2) is 11.6 Å². The van der Waals surface area contributed by atoms with Crippen molar-refractivity contribution in [2.75, 3.05) is 24.2 Å². The molecule has 0 aliphatic rings. The van der Waals surface area contributed by atoms with Gasteiger partial charge in [-0.15, -0.1) is 0 Å². The molecule has 0 saturated carbocycles. The van der Waals surface area contributed by atoms with Crippen molar-refractivity contribution in [3.05, 3.63) is 23.8 Å². The van der Waals surface area contributed by atoms with Crippen LogP contribution >= 0.6 is 0 Å². The second kappa shape index (κ2) is 4.44. The zero-order chi connectivity index (χ0) is 11.6. The Morgan fingerprint density at radius 1 is 1.47 bits per heavy atom. The van der Waals surface area contributed by atoms with E-state index in [0.29, 0.717) is 0 Å². The third-order valence-electron chi connectivity index (χ3n) is 2.02. The molecule has 1 rings (SSSR count). The molecule has 5 heteroatoms. The van der Waals surface area contributed by atoms with Crippen molar-refractivity contribution in [2.45, 2.75) is 13.0 Å². The van der Waals surface area contributed by atoms with Gasteiger partial charge in [0.05, 0.1) is 17.5 Å². The van der Waals surface area contributed by atoms with E-state index in [1.807, 2.05) is 0 Å². The smallest absolute Gasteiger partial charge is 0.184 e. The van der Waals surface area contributed by atoms with Gasteiger partial charge in [-0.3, -0.25) is 0 Å². The van der Waals surface area contributed by atoms with Gasteiger partial charge in [-0.25, -0.2) is 8.78 Å². The lowest BCUT2D eigenvalue weighted by atomic mass is 10.2. The fourth-order valence-electron chi connectivity index (χ4n) is 1.43. The quantitative estimate of drug-likeness (QED) is 0.750. The maximum absolute atomic E-state index is 13.4. The summed E-state index contributed by atoms with van der Waals surface area (Å²) in [6.07, 6.45) is -0.642. The fraction of sp³-hybridized carbons (Fsp3) is 0.400. The lowest BCUT2D eigenvalue weighted by Crippen LogP contribution is -2.28. The Morgan fingerprint density at radius 2 is 2.07 bits per heavy atom. The number of rotatable bonds is 3. The molecule has 1 aromatic rings.